The van der Waals surface area contributed by atoms with Gasteiger partial charge in [0.25, 0.3) is 10.0 Å². The van der Waals surface area contributed by atoms with Gasteiger partial charge in [-0.25, -0.2) is 13.1 Å². The van der Waals surface area contributed by atoms with Crippen LogP contribution in [0.2, 0.25) is 0 Å². The number of hydrogen-bond donors (Lipinski definition) is 2. The summed E-state index contributed by atoms with van der Waals surface area (Å²) in [6.45, 7) is 0.922. The van der Waals surface area contributed by atoms with E-state index in [1.54, 1.807) is 7.11 Å². The Morgan fingerprint density at radius 1 is 1.33 bits per heavy atom. The van der Waals surface area contributed by atoms with Crippen LogP contribution in [0.1, 0.15) is 5.76 Å². The van der Waals surface area contributed by atoms with Gasteiger partial charge in [-0.1, -0.05) is 0 Å². The lowest BCUT2D eigenvalue weighted by Crippen LogP contribution is -2.27. The van der Waals surface area contributed by atoms with E-state index < -0.39 is 10.0 Å². The highest BCUT2D eigenvalue weighted by Crippen LogP contribution is 2.13. The van der Waals surface area contributed by atoms with Crippen LogP contribution in [0, 0.1) is 0 Å². The molecule has 0 bridgehead atoms. The first-order valence-electron chi connectivity index (χ1n) is 5.36. The molecule has 2 N–H and O–H groups in total. The molecular weight excluding hydrogens is 262 g/mol. The van der Waals surface area contributed by atoms with Gasteiger partial charge in [-0.05, 0) is 12.1 Å². The average Bonchev–Trinajstić information content (AvgIpc) is 2.83. The van der Waals surface area contributed by atoms with Gasteiger partial charge in [0.1, 0.15) is 12.4 Å². The summed E-state index contributed by atoms with van der Waals surface area (Å²) in [6.07, 6.45) is 0. The second kappa shape index (κ2) is 7.49. The van der Waals surface area contributed by atoms with E-state index in [4.69, 9.17) is 19.0 Å². The molecule has 0 spiro atoms. The molecule has 0 atom stereocenters. The van der Waals surface area contributed by atoms with Crippen molar-refractivity contribution in [1.29, 1.82) is 0 Å². The van der Waals surface area contributed by atoms with Crippen LogP contribution in [-0.2, 0) is 26.1 Å². The average molecular weight is 279 g/mol. The molecule has 1 heterocycles. The second-order valence-corrected chi connectivity index (χ2v) is 5.08. The first-order chi connectivity index (χ1) is 8.60. The lowest BCUT2D eigenvalue weighted by molar-refractivity contribution is 0.0736. The highest BCUT2D eigenvalue weighted by Gasteiger charge is 2.17. The van der Waals surface area contributed by atoms with Gasteiger partial charge in [0.15, 0.2) is 0 Å². The Hall–Kier alpha value is -0.930. The van der Waals surface area contributed by atoms with Gasteiger partial charge in [-0.15, -0.1) is 0 Å². The molecular formula is C10H17NO6S. The number of hydrogen-bond acceptors (Lipinski definition) is 6. The summed E-state index contributed by atoms with van der Waals surface area (Å²) in [5.74, 6) is 0.201. The standard InChI is InChI=1S/C10H17NO6S/c1-15-6-7-16-5-4-11-18(13,14)10-3-2-9(8-12)17-10/h2-3,11-12H,4-8H2,1H3. The van der Waals surface area contributed by atoms with Crippen LogP contribution in [0.5, 0.6) is 0 Å². The Morgan fingerprint density at radius 3 is 2.72 bits per heavy atom. The number of aliphatic hydroxyl groups is 1. The highest BCUT2D eigenvalue weighted by molar-refractivity contribution is 7.89. The fraction of sp³-hybridized carbons (Fsp3) is 0.600. The topological polar surface area (TPSA) is 98.0 Å². The molecule has 0 aliphatic rings. The van der Waals surface area contributed by atoms with E-state index in [1.165, 1.54) is 12.1 Å². The monoisotopic (exact) mass is 279 g/mol. The smallest absolute Gasteiger partial charge is 0.274 e. The predicted molar refractivity (Wildman–Crippen MR) is 62.5 cm³/mol. The van der Waals surface area contributed by atoms with E-state index in [2.05, 4.69) is 4.72 Å². The van der Waals surface area contributed by atoms with Crippen LogP contribution in [0.25, 0.3) is 0 Å². The second-order valence-electron chi connectivity index (χ2n) is 3.38. The maximum Gasteiger partial charge on any atom is 0.274 e. The number of methoxy groups -OCH3 is 1. The summed E-state index contributed by atoms with van der Waals surface area (Å²) in [5, 5.41) is 8.55. The molecule has 1 aromatic rings. The molecule has 0 amide bonds. The van der Waals surface area contributed by atoms with E-state index >= 15 is 0 Å². The third-order valence-electron chi connectivity index (χ3n) is 2.03. The van der Waals surface area contributed by atoms with Gasteiger partial charge in [0.2, 0.25) is 5.09 Å². The zero-order chi connectivity index (χ0) is 13.4. The molecule has 0 saturated heterocycles. The molecule has 0 fully saturated rings. The number of sulfonamides is 1. The normalized spacial score (nSPS) is 11.9. The highest BCUT2D eigenvalue weighted by atomic mass is 32.2. The minimum Gasteiger partial charge on any atom is -0.446 e. The minimum atomic E-state index is -3.68. The Labute approximate surface area is 106 Å². The first-order valence-corrected chi connectivity index (χ1v) is 6.84. The van der Waals surface area contributed by atoms with Crippen molar-refractivity contribution < 1.29 is 27.4 Å². The van der Waals surface area contributed by atoms with Gasteiger partial charge in [-0.3, -0.25) is 0 Å². The van der Waals surface area contributed by atoms with Crippen LogP contribution < -0.4 is 4.72 Å². The number of nitrogens with one attached hydrogen (secondary N) is 1. The Kier molecular flexibility index (Phi) is 6.30. The Balaban J connectivity index is 2.36. The van der Waals surface area contributed by atoms with Crippen molar-refractivity contribution in [2.75, 3.05) is 33.5 Å². The first kappa shape index (κ1) is 15.1. The van der Waals surface area contributed by atoms with E-state index in [9.17, 15) is 8.42 Å². The molecule has 7 nitrogen and oxygen atoms in total. The number of rotatable bonds is 9. The third kappa shape index (κ3) is 4.75. The van der Waals surface area contributed by atoms with Crippen LogP contribution in [0.15, 0.2) is 21.6 Å². The summed E-state index contributed by atoms with van der Waals surface area (Å²) < 4.78 is 40.5. The molecule has 18 heavy (non-hydrogen) atoms. The van der Waals surface area contributed by atoms with Crippen LogP contribution in [0.3, 0.4) is 0 Å². The van der Waals surface area contributed by atoms with Gasteiger partial charge in [0.05, 0.1) is 19.8 Å². The van der Waals surface area contributed by atoms with Crippen molar-refractivity contribution >= 4 is 10.0 Å². The van der Waals surface area contributed by atoms with Crippen LogP contribution >= 0.6 is 0 Å². The zero-order valence-electron chi connectivity index (χ0n) is 10.1. The fourth-order valence-corrected chi connectivity index (χ4v) is 2.11. The number of furan rings is 1. The summed E-state index contributed by atoms with van der Waals surface area (Å²) in [5.41, 5.74) is 0. The Bertz CT molecular complexity index is 441. The quantitative estimate of drug-likeness (QED) is 0.603. The van der Waals surface area contributed by atoms with Gasteiger partial charge in [0, 0.05) is 13.7 Å². The Morgan fingerprint density at radius 2 is 2.11 bits per heavy atom. The SMILES string of the molecule is COCCOCCNS(=O)(=O)c1ccc(CO)o1. The maximum atomic E-state index is 11.7. The van der Waals surface area contributed by atoms with Gasteiger partial charge >= 0.3 is 0 Å². The van der Waals surface area contributed by atoms with Crippen molar-refractivity contribution in [3.63, 3.8) is 0 Å². The number of aliphatic hydroxyl groups excluding tert-OH is 1. The van der Waals surface area contributed by atoms with E-state index in [1.807, 2.05) is 0 Å². The van der Waals surface area contributed by atoms with Crippen molar-refractivity contribution in [2.24, 2.45) is 0 Å². The minimum absolute atomic E-state index is 0.140. The maximum absolute atomic E-state index is 11.7. The lowest BCUT2D eigenvalue weighted by atomic mass is 10.5. The summed E-state index contributed by atoms with van der Waals surface area (Å²) in [7, 11) is -2.12. The number of ether oxygens (including phenoxy) is 2. The zero-order valence-corrected chi connectivity index (χ0v) is 10.9. The van der Waals surface area contributed by atoms with Gasteiger partial charge in [-0.2, -0.15) is 0 Å². The molecule has 0 unspecified atom stereocenters. The molecule has 1 aromatic heterocycles. The molecule has 1 rings (SSSR count). The summed E-state index contributed by atoms with van der Waals surface area (Å²) in [4.78, 5) is 0. The molecule has 0 aromatic carbocycles. The molecule has 8 heteroatoms. The molecule has 0 radical (unpaired) electrons. The van der Waals surface area contributed by atoms with Crippen molar-refractivity contribution in [2.45, 2.75) is 11.7 Å². The predicted octanol–water partition coefficient (Wildman–Crippen LogP) is -0.287. The van der Waals surface area contributed by atoms with E-state index in [0.29, 0.717) is 13.2 Å². The fourth-order valence-electron chi connectivity index (χ4n) is 1.15. The van der Waals surface area contributed by atoms with E-state index in [0.717, 1.165) is 0 Å². The van der Waals surface area contributed by atoms with Crippen LogP contribution in [-0.4, -0.2) is 47.0 Å². The summed E-state index contributed by atoms with van der Waals surface area (Å²) >= 11 is 0. The third-order valence-corrected chi connectivity index (χ3v) is 3.36. The van der Waals surface area contributed by atoms with Crippen LogP contribution in [0.4, 0.5) is 0 Å². The van der Waals surface area contributed by atoms with Gasteiger partial charge < -0.3 is 19.0 Å². The molecule has 0 saturated carbocycles. The van der Waals surface area contributed by atoms with Crippen molar-refractivity contribution in [1.82, 2.24) is 4.72 Å². The van der Waals surface area contributed by atoms with Crippen molar-refractivity contribution in [3.05, 3.63) is 17.9 Å². The molecule has 104 valence electrons. The van der Waals surface area contributed by atoms with E-state index in [-0.39, 0.29) is 30.6 Å². The van der Waals surface area contributed by atoms with Crippen molar-refractivity contribution in [3.8, 4) is 0 Å². The summed E-state index contributed by atoms with van der Waals surface area (Å²) in [6, 6.07) is 2.70. The largest absolute Gasteiger partial charge is 0.446 e. The molecule has 0 aliphatic heterocycles. The molecule has 0 aliphatic carbocycles. The lowest BCUT2D eigenvalue weighted by Gasteiger charge is -2.05.